The zero-order valence-corrected chi connectivity index (χ0v) is 10.1. The zero-order valence-electron chi connectivity index (χ0n) is 8.50. The van der Waals surface area contributed by atoms with Gasteiger partial charge in [0.25, 0.3) is 0 Å². The van der Waals surface area contributed by atoms with Gasteiger partial charge in [0.05, 0.1) is 10.9 Å². The second-order valence-corrected chi connectivity index (χ2v) is 4.21. The molecule has 0 radical (unpaired) electrons. The first kappa shape index (κ1) is 12.2. The maximum atomic E-state index is 11.9. The van der Waals surface area contributed by atoms with Gasteiger partial charge >= 0.3 is 6.18 Å². The Morgan fingerprint density at radius 2 is 2.18 bits per heavy atom. The molecule has 0 aliphatic rings. The number of nitrogens with zero attached hydrogens (tertiary/aromatic N) is 3. The van der Waals surface area contributed by atoms with Crippen LogP contribution in [-0.2, 0) is 0 Å². The molecule has 2 aromatic rings. The number of rotatable bonds is 3. The van der Waals surface area contributed by atoms with E-state index in [2.05, 4.69) is 31.3 Å². The minimum Gasteiger partial charge on any atom is -0.353 e. The van der Waals surface area contributed by atoms with Gasteiger partial charge in [-0.2, -0.15) is 18.2 Å². The molecule has 0 saturated carbocycles. The first-order valence-electron chi connectivity index (χ1n) is 4.77. The Balaban J connectivity index is 2.07. The summed E-state index contributed by atoms with van der Waals surface area (Å²) in [5, 5.41) is 6.52. The molecule has 8 heteroatoms. The van der Waals surface area contributed by atoms with Crippen LogP contribution in [0.3, 0.4) is 0 Å². The van der Waals surface area contributed by atoms with Crippen molar-refractivity contribution >= 4 is 27.5 Å². The molecule has 0 amide bonds. The number of pyridine rings is 1. The number of aromatic nitrogens is 3. The fraction of sp³-hybridized carbons (Fsp3) is 0.333. The van der Waals surface area contributed by atoms with E-state index in [1.54, 1.807) is 18.3 Å². The van der Waals surface area contributed by atoms with Crippen LogP contribution >= 0.6 is 15.9 Å². The summed E-state index contributed by atoms with van der Waals surface area (Å²) in [5.74, 6) is 0.182. The Morgan fingerprint density at radius 1 is 1.41 bits per heavy atom. The summed E-state index contributed by atoms with van der Waals surface area (Å²) < 4.78 is 38.0. The minimum absolute atomic E-state index is 0.182. The van der Waals surface area contributed by atoms with Crippen molar-refractivity contribution in [2.24, 2.45) is 0 Å². The van der Waals surface area contributed by atoms with Gasteiger partial charge in [-0.15, -0.1) is 5.10 Å². The quantitative estimate of drug-likeness (QED) is 0.948. The van der Waals surface area contributed by atoms with Gasteiger partial charge in [0.2, 0.25) is 5.95 Å². The van der Waals surface area contributed by atoms with Crippen molar-refractivity contribution in [2.75, 3.05) is 11.9 Å². The maximum absolute atomic E-state index is 11.9. The van der Waals surface area contributed by atoms with E-state index in [9.17, 15) is 13.2 Å². The SMILES string of the molecule is FC(F)(F)CCNc1nc2c(Br)cccn2n1. The standard InChI is InChI=1S/C9H8BrF3N4/c10-6-2-1-5-17-7(6)15-8(16-17)14-4-3-9(11,12)13/h1-2,5H,3-4H2,(H,14,16). The number of alkyl halides is 3. The van der Waals surface area contributed by atoms with Gasteiger partial charge in [-0.25, -0.2) is 4.52 Å². The second kappa shape index (κ2) is 4.52. The first-order chi connectivity index (χ1) is 7.96. The number of hydrogen-bond donors (Lipinski definition) is 1. The fourth-order valence-corrected chi connectivity index (χ4v) is 1.69. The first-order valence-corrected chi connectivity index (χ1v) is 5.56. The summed E-state index contributed by atoms with van der Waals surface area (Å²) in [6.07, 6.45) is -3.42. The topological polar surface area (TPSA) is 42.2 Å². The van der Waals surface area contributed by atoms with Gasteiger partial charge in [-0.1, -0.05) is 0 Å². The van der Waals surface area contributed by atoms with Gasteiger partial charge in [-0.05, 0) is 28.1 Å². The van der Waals surface area contributed by atoms with E-state index in [0.29, 0.717) is 5.65 Å². The highest BCUT2D eigenvalue weighted by molar-refractivity contribution is 9.10. The molecule has 2 aromatic heterocycles. The largest absolute Gasteiger partial charge is 0.390 e. The summed E-state index contributed by atoms with van der Waals surface area (Å²) in [6.45, 7) is -0.238. The fourth-order valence-electron chi connectivity index (χ4n) is 1.26. The molecule has 0 atom stereocenters. The summed E-state index contributed by atoms with van der Waals surface area (Å²) in [5.41, 5.74) is 0.557. The van der Waals surface area contributed by atoms with Crippen molar-refractivity contribution < 1.29 is 13.2 Å². The summed E-state index contributed by atoms with van der Waals surface area (Å²) in [4.78, 5) is 4.06. The number of halogens is 4. The van der Waals surface area contributed by atoms with Crippen molar-refractivity contribution in [2.45, 2.75) is 12.6 Å². The lowest BCUT2D eigenvalue weighted by molar-refractivity contribution is -0.131. The molecule has 0 saturated heterocycles. The van der Waals surface area contributed by atoms with E-state index in [1.165, 1.54) is 4.52 Å². The number of nitrogens with one attached hydrogen (secondary N) is 1. The highest BCUT2D eigenvalue weighted by Gasteiger charge is 2.26. The van der Waals surface area contributed by atoms with E-state index < -0.39 is 12.6 Å². The van der Waals surface area contributed by atoms with Crippen LogP contribution in [0.15, 0.2) is 22.8 Å². The molecule has 0 aliphatic carbocycles. The third kappa shape index (κ3) is 3.09. The molecule has 0 aromatic carbocycles. The van der Waals surface area contributed by atoms with Crippen LogP contribution in [0.2, 0.25) is 0 Å². The van der Waals surface area contributed by atoms with E-state index in [-0.39, 0.29) is 12.5 Å². The molecule has 0 unspecified atom stereocenters. The van der Waals surface area contributed by atoms with Crippen molar-refractivity contribution in [1.29, 1.82) is 0 Å². The molecule has 92 valence electrons. The van der Waals surface area contributed by atoms with Crippen LogP contribution < -0.4 is 5.32 Å². The average Bonchev–Trinajstić information content (AvgIpc) is 2.60. The molecule has 0 fully saturated rings. The van der Waals surface area contributed by atoms with E-state index >= 15 is 0 Å². The van der Waals surface area contributed by atoms with Crippen LogP contribution in [0.5, 0.6) is 0 Å². The van der Waals surface area contributed by atoms with E-state index in [4.69, 9.17) is 0 Å². The lowest BCUT2D eigenvalue weighted by Crippen LogP contribution is -2.15. The van der Waals surface area contributed by atoms with Gasteiger partial charge in [-0.3, -0.25) is 0 Å². The van der Waals surface area contributed by atoms with Crippen molar-refractivity contribution in [3.63, 3.8) is 0 Å². The third-order valence-corrected chi connectivity index (χ3v) is 2.63. The molecule has 17 heavy (non-hydrogen) atoms. The summed E-state index contributed by atoms with van der Waals surface area (Å²) in [6, 6.07) is 3.54. The Bertz CT molecular complexity index is 522. The smallest absolute Gasteiger partial charge is 0.353 e. The van der Waals surface area contributed by atoms with Crippen molar-refractivity contribution in [3.8, 4) is 0 Å². The lowest BCUT2D eigenvalue weighted by Gasteiger charge is -2.05. The molecular weight excluding hydrogens is 301 g/mol. The third-order valence-electron chi connectivity index (χ3n) is 2.01. The van der Waals surface area contributed by atoms with Crippen LogP contribution in [0.25, 0.3) is 5.65 Å². The van der Waals surface area contributed by atoms with Gasteiger partial charge in [0.15, 0.2) is 5.65 Å². The molecule has 0 aliphatic heterocycles. The van der Waals surface area contributed by atoms with E-state index in [1.807, 2.05) is 0 Å². The predicted molar refractivity (Wildman–Crippen MR) is 59.8 cm³/mol. The van der Waals surface area contributed by atoms with Crippen LogP contribution in [-0.4, -0.2) is 27.3 Å². The van der Waals surface area contributed by atoms with Crippen molar-refractivity contribution in [1.82, 2.24) is 14.6 Å². The Morgan fingerprint density at radius 3 is 2.82 bits per heavy atom. The molecule has 1 N–H and O–H groups in total. The summed E-state index contributed by atoms with van der Waals surface area (Å²) >= 11 is 3.28. The van der Waals surface area contributed by atoms with Gasteiger partial charge < -0.3 is 5.32 Å². The minimum atomic E-state index is -4.17. The zero-order chi connectivity index (χ0) is 12.5. The predicted octanol–water partition coefficient (Wildman–Crippen LogP) is 2.86. The summed E-state index contributed by atoms with van der Waals surface area (Å²) in [7, 11) is 0. The van der Waals surface area contributed by atoms with Crippen LogP contribution in [0, 0.1) is 0 Å². The number of anilines is 1. The van der Waals surface area contributed by atoms with Crippen LogP contribution in [0.4, 0.5) is 19.1 Å². The normalized spacial score (nSPS) is 12.0. The molecule has 4 nitrogen and oxygen atoms in total. The van der Waals surface area contributed by atoms with Gasteiger partial charge in [0, 0.05) is 12.7 Å². The Kier molecular flexibility index (Phi) is 3.23. The molecular formula is C9H8BrF3N4. The van der Waals surface area contributed by atoms with Crippen LogP contribution in [0.1, 0.15) is 6.42 Å². The average molecular weight is 309 g/mol. The Hall–Kier alpha value is -1.31. The number of hydrogen-bond acceptors (Lipinski definition) is 3. The monoisotopic (exact) mass is 308 g/mol. The highest BCUT2D eigenvalue weighted by atomic mass is 79.9. The van der Waals surface area contributed by atoms with Gasteiger partial charge in [0.1, 0.15) is 0 Å². The molecule has 2 rings (SSSR count). The van der Waals surface area contributed by atoms with E-state index in [0.717, 1.165) is 4.47 Å². The molecule has 0 bridgehead atoms. The molecule has 0 spiro atoms. The number of fused-ring (bicyclic) bond motifs is 1. The molecule has 2 heterocycles. The highest BCUT2D eigenvalue weighted by Crippen LogP contribution is 2.20. The lowest BCUT2D eigenvalue weighted by atomic mass is 10.4. The maximum Gasteiger partial charge on any atom is 0.390 e. The Labute approximate surface area is 103 Å². The second-order valence-electron chi connectivity index (χ2n) is 3.35. The van der Waals surface area contributed by atoms with Crippen molar-refractivity contribution in [3.05, 3.63) is 22.8 Å².